The number of benzene rings is 4. The van der Waals surface area contributed by atoms with E-state index in [4.69, 9.17) is 44.3 Å². The summed E-state index contributed by atoms with van der Waals surface area (Å²) in [7, 11) is 0. The Balaban J connectivity index is 1.24. The topological polar surface area (TPSA) is 59.9 Å². The van der Waals surface area contributed by atoms with Gasteiger partial charge in [-0.2, -0.15) is 5.10 Å². The molecule has 0 unspecified atom stereocenters. The zero-order chi connectivity index (χ0) is 25.3. The molecule has 0 saturated carbocycles. The first-order valence-corrected chi connectivity index (χ1v) is 12.1. The van der Waals surface area contributed by atoms with Crippen LogP contribution in [0.25, 0.3) is 0 Å². The lowest BCUT2D eigenvalue weighted by atomic mass is 10.2. The molecule has 1 N–H and O–H groups in total. The minimum absolute atomic E-state index is 0.288. The van der Waals surface area contributed by atoms with E-state index in [1.165, 1.54) is 0 Å². The van der Waals surface area contributed by atoms with Crippen molar-refractivity contribution in [3.8, 4) is 11.5 Å². The van der Waals surface area contributed by atoms with Gasteiger partial charge in [0, 0.05) is 26.2 Å². The molecule has 0 heterocycles. The Morgan fingerprint density at radius 1 is 0.750 bits per heavy atom. The van der Waals surface area contributed by atoms with Crippen LogP contribution in [-0.4, -0.2) is 12.1 Å². The van der Waals surface area contributed by atoms with Gasteiger partial charge in [0.05, 0.1) is 6.21 Å². The number of carbonyl (C=O) groups excluding carboxylic acids is 1. The van der Waals surface area contributed by atoms with Gasteiger partial charge in [0.25, 0.3) is 5.91 Å². The summed E-state index contributed by atoms with van der Waals surface area (Å²) in [5, 5.41) is 5.83. The Labute approximate surface area is 224 Å². The number of hydrogen-bond donors (Lipinski definition) is 1. The van der Waals surface area contributed by atoms with Crippen molar-refractivity contribution in [1.82, 2.24) is 5.43 Å². The van der Waals surface area contributed by atoms with E-state index in [0.717, 1.165) is 22.4 Å². The number of ether oxygens (including phenoxy) is 2. The summed E-state index contributed by atoms with van der Waals surface area (Å²) >= 11 is 18.0. The van der Waals surface area contributed by atoms with Crippen LogP contribution in [0.4, 0.5) is 0 Å². The summed E-state index contributed by atoms with van der Waals surface area (Å²) in [6.45, 7) is 0.732. The molecule has 0 aliphatic heterocycles. The van der Waals surface area contributed by atoms with Gasteiger partial charge in [-0.15, -0.1) is 0 Å². The third-order valence-corrected chi connectivity index (χ3v) is 5.94. The second-order valence-electron chi connectivity index (χ2n) is 7.73. The second kappa shape index (κ2) is 12.5. The average molecular weight is 540 g/mol. The molecule has 4 aromatic rings. The highest BCUT2D eigenvalue weighted by Gasteiger charge is 2.06. The van der Waals surface area contributed by atoms with Crippen molar-refractivity contribution in [2.24, 2.45) is 5.10 Å². The molecule has 0 aliphatic rings. The van der Waals surface area contributed by atoms with Crippen molar-refractivity contribution in [2.75, 3.05) is 0 Å². The monoisotopic (exact) mass is 538 g/mol. The SMILES string of the molecule is O=C(N/N=C\c1ccc(OCc2ccc(Cl)cc2)cc1)c1ccc(OCc2ccc(Cl)cc2Cl)cc1. The molecule has 1 amide bonds. The molecule has 36 heavy (non-hydrogen) atoms. The Morgan fingerprint density at radius 2 is 1.36 bits per heavy atom. The Morgan fingerprint density at radius 3 is 2.03 bits per heavy atom. The maximum atomic E-state index is 12.4. The van der Waals surface area contributed by atoms with E-state index >= 15 is 0 Å². The molecule has 0 bridgehead atoms. The molecule has 4 rings (SSSR count). The van der Waals surface area contributed by atoms with Crippen LogP contribution < -0.4 is 14.9 Å². The molecule has 0 aromatic heterocycles. The summed E-state index contributed by atoms with van der Waals surface area (Å²) in [6, 6.07) is 26.9. The summed E-state index contributed by atoms with van der Waals surface area (Å²) < 4.78 is 11.5. The third kappa shape index (κ3) is 7.49. The van der Waals surface area contributed by atoms with Gasteiger partial charge in [0.15, 0.2) is 0 Å². The van der Waals surface area contributed by atoms with Gasteiger partial charge in [-0.3, -0.25) is 4.79 Å². The van der Waals surface area contributed by atoms with Gasteiger partial charge in [0.1, 0.15) is 24.7 Å². The normalized spacial score (nSPS) is 10.9. The number of hydrazone groups is 1. The molecule has 0 atom stereocenters. The predicted octanol–water partition coefficient (Wildman–Crippen LogP) is 7.57. The highest BCUT2D eigenvalue weighted by molar-refractivity contribution is 6.35. The molecule has 0 saturated heterocycles. The molecular weight excluding hydrogens is 519 g/mol. The Kier molecular flexibility index (Phi) is 8.85. The van der Waals surface area contributed by atoms with Crippen LogP contribution in [0.3, 0.4) is 0 Å². The first kappa shape index (κ1) is 25.6. The fourth-order valence-electron chi connectivity index (χ4n) is 3.13. The molecule has 182 valence electrons. The first-order valence-electron chi connectivity index (χ1n) is 10.9. The van der Waals surface area contributed by atoms with Crippen molar-refractivity contribution in [3.63, 3.8) is 0 Å². The summed E-state index contributed by atoms with van der Waals surface area (Å²) in [5.74, 6) is 1.01. The van der Waals surface area contributed by atoms with E-state index in [2.05, 4.69) is 10.5 Å². The number of carbonyl (C=O) groups is 1. The summed E-state index contributed by atoms with van der Waals surface area (Å²) in [4.78, 5) is 12.4. The van der Waals surface area contributed by atoms with Crippen LogP contribution in [0.15, 0.2) is 96.1 Å². The smallest absolute Gasteiger partial charge is 0.271 e. The maximum Gasteiger partial charge on any atom is 0.271 e. The van der Waals surface area contributed by atoms with Gasteiger partial charge >= 0.3 is 0 Å². The fourth-order valence-corrected chi connectivity index (χ4v) is 3.72. The number of hydrogen-bond acceptors (Lipinski definition) is 4. The zero-order valence-corrected chi connectivity index (χ0v) is 21.2. The van der Waals surface area contributed by atoms with E-state index in [-0.39, 0.29) is 12.5 Å². The van der Waals surface area contributed by atoms with Crippen LogP contribution in [-0.2, 0) is 13.2 Å². The van der Waals surface area contributed by atoms with E-state index in [9.17, 15) is 4.79 Å². The number of rotatable bonds is 9. The molecule has 0 fully saturated rings. The fraction of sp³-hybridized carbons (Fsp3) is 0.0714. The third-order valence-electron chi connectivity index (χ3n) is 5.10. The van der Waals surface area contributed by atoms with Crippen molar-refractivity contribution < 1.29 is 14.3 Å². The Bertz CT molecular complexity index is 1340. The highest BCUT2D eigenvalue weighted by atomic mass is 35.5. The maximum absolute atomic E-state index is 12.4. The predicted molar refractivity (Wildman–Crippen MR) is 145 cm³/mol. The van der Waals surface area contributed by atoms with E-state index in [1.807, 2.05) is 54.6 Å². The van der Waals surface area contributed by atoms with Crippen molar-refractivity contribution in [1.29, 1.82) is 0 Å². The van der Waals surface area contributed by atoms with Crippen LogP contribution in [0.5, 0.6) is 11.5 Å². The van der Waals surface area contributed by atoms with Gasteiger partial charge in [-0.1, -0.05) is 53.0 Å². The first-order chi connectivity index (χ1) is 17.5. The lowest BCUT2D eigenvalue weighted by Crippen LogP contribution is -2.17. The van der Waals surface area contributed by atoms with Gasteiger partial charge in [-0.05, 0) is 83.9 Å². The summed E-state index contributed by atoms with van der Waals surface area (Å²) in [6.07, 6.45) is 1.56. The average Bonchev–Trinajstić information content (AvgIpc) is 2.89. The Hall–Kier alpha value is -3.51. The lowest BCUT2D eigenvalue weighted by molar-refractivity contribution is 0.0955. The zero-order valence-electron chi connectivity index (χ0n) is 19.0. The number of nitrogens with one attached hydrogen (secondary N) is 1. The molecule has 0 spiro atoms. The summed E-state index contributed by atoms with van der Waals surface area (Å²) in [5.41, 5.74) is 5.64. The van der Waals surface area contributed by atoms with Crippen LogP contribution in [0.2, 0.25) is 15.1 Å². The molecule has 0 radical (unpaired) electrons. The second-order valence-corrected chi connectivity index (χ2v) is 9.01. The largest absolute Gasteiger partial charge is 0.489 e. The van der Waals surface area contributed by atoms with Crippen LogP contribution in [0, 0.1) is 0 Å². The van der Waals surface area contributed by atoms with E-state index < -0.39 is 0 Å². The van der Waals surface area contributed by atoms with Gasteiger partial charge in [-0.25, -0.2) is 5.43 Å². The number of amides is 1. The minimum atomic E-state index is -0.332. The lowest BCUT2D eigenvalue weighted by Gasteiger charge is -2.08. The molecule has 0 aliphatic carbocycles. The van der Waals surface area contributed by atoms with Crippen LogP contribution >= 0.6 is 34.8 Å². The minimum Gasteiger partial charge on any atom is -0.489 e. The molecule has 8 heteroatoms. The molecule has 5 nitrogen and oxygen atoms in total. The highest BCUT2D eigenvalue weighted by Crippen LogP contribution is 2.23. The molecular formula is C28H21Cl3N2O3. The van der Waals surface area contributed by atoms with Crippen molar-refractivity contribution in [2.45, 2.75) is 13.2 Å². The van der Waals surface area contributed by atoms with Gasteiger partial charge < -0.3 is 9.47 Å². The van der Waals surface area contributed by atoms with Crippen LogP contribution in [0.1, 0.15) is 27.0 Å². The standard InChI is InChI=1S/C28H21Cl3N2O3/c29-23-8-1-20(2-9-23)17-35-25-11-3-19(4-12-25)16-32-33-28(34)21-6-13-26(14-7-21)36-18-22-5-10-24(30)15-27(22)31/h1-16H,17-18H2,(H,33,34)/b32-16-. The quantitative estimate of drug-likeness (QED) is 0.176. The van der Waals surface area contributed by atoms with Gasteiger partial charge in [0.2, 0.25) is 0 Å². The van der Waals surface area contributed by atoms with Crippen molar-refractivity contribution >= 4 is 46.9 Å². The number of halogens is 3. The van der Waals surface area contributed by atoms with E-state index in [1.54, 1.807) is 42.6 Å². The number of nitrogens with zero attached hydrogens (tertiary/aromatic N) is 1. The van der Waals surface area contributed by atoms with Crippen molar-refractivity contribution in [3.05, 3.63) is 128 Å². The molecule has 4 aromatic carbocycles. The van der Waals surface area contributed by atoms with E-state index in [0.29, 0.717) is 33.0 Å².